The van der Waals surface area contributed by atoms with Crippen molar-refractivity contribution in [3.05, 3.63) is 12.7 Å². The van der Waals surface area contributed by atoms with Gasteiger partial charge in [-0.05, 0) is 32.2 Å². The Hall–Kier alpha value is -0.380. The maximum absolute atomic E-state index is 9.18. The molecule has 0 aromatic heterocycles. The smallest absolute Gasteiger partial charge is 0.0645 e. The highest BCUT2D eigenvalue weighted by atomic mass is 16.3. The monoisotopic (exact) mass is 215 g/mol. The zero-order chi connectivity index (χ0) is 11.6. The first-order valence-corrected chi connectivity index (χ1v) is 5.82. The molecule has 0 aromatic carbocycles. The predicted octanol–water partition coefficient (Wildman–Crippen LogP) is 1.46. The molecule has 0 saturated heterocycles. The van der Waals surface area contributed by atoms with Crippen molar-refractivity contribution < 1.29 is 10.2 Å². The lowest BCUT2D eigenvalue weighted by Crippen LogP contribution is -2.51. The minimum absolute atomic E-state index is 0.00728. The lowest BCUT2D eigenvalue weighted by molar-refractivity contribution is 0.0876. The fourth-order valence-corrected chi connectivity index (χ4v) is 1.45. The summed E-state index contributed by atoms with van der Waals surface area (Å²) in [7, 11) is 0. The molecule has 0 radical (unpaired) electrons. The second-order valence-corrected chi connectivity index (χ2v) is 4.01. The number of hydrogen-bond donors (Lipinski definition) is 3. The fraction of sp³-hybridized carbons (Fsp3) is 0.833. The molecule has 0 aromatic rings. The summed E-state index contributed by atoms with van der Waals surface area (Å²) in [5.74, 6) is 0. The molecule has 15 heavy (non-hydrogen) atoms. The highest BCUT2D eigenvalue weighted by Gasteiger charge is 2.24. The van der Waals surface area contributed by atoms with E-state index in [1.165, 1.54) is 6.42 Å². The van der Waals surface area contributed by atoms with E-state index < -0.39 is 5.54 Å². The minimum atomic E-state index is -0.488. The van der Waals surface area contributed by atoms with Gasteiger partial charge in [0.1, 0.15) is 0 Å². The van der Waals surface area contributed by atoms with E-state index in [-0.39, 0.29) is 13.2 Å². The Morgan fingerprint density at radius 3 is 2.33 bits per heavy atom. The van der Waals surface area contributed by atoms with Crippen molar-refractivity contribution in [1.29, 1.82) is 0 Å². The molecular weight excluding hydrogens is 190 g/mol. The van der Waals surface area contributed by atoms with Crippen molar-refractivity contribution in [3.63, 3.8) is 0 Å². The Balaban J connectivity index is 3.58. The lowest BCUT2D eigenvalue weighted by atomic mass is 9.98. The summed E-state index contributed by atoms with van der Waals surface area (Å²) in [6, 6.07) is 0. The minimum Gasteiger partial charge on any atom is -0.394 e. The van der Waals surface area contributed by atoms with Gasteiger partial charge in [-0.1, -0.05) is 19.4 Å². The second kappa shape index (κ2) is 8.89. The third-order valence-corrected chi connectivity index (χ3v) is 2.87. The molecule has 0 aliphatic heterocycles. The van der Waals surface area contributed by atoms with Gasteiger partial charge in [0.15, 0.2) is 0 Å². The Morgan fingerprint density at radius 1 is 1.20 bits per heavy atom. The number of rotatable bonds is 10. The van der Waals surface area contributed by atoms with Crippen LogP contribution in [0.15, 0.2) is 12.7 Å². The van der Waals surface area contributed by atoms with Crippen LogP contribution in [0.25, 0.3) is 0 Å². The van der Waals surface area contributed by atoms with Gasteiger partial charge in [-0.3, -0.25) is 0 Å². The number of allylic oxidation sites excluding steroid dienone is 1. The summed E-state index contributed by atoms with van der Waals surface area (Å²) in [6.07, 6.45) is 7.16. The van der Waals surface area contributed by atoms with Gasteiger partial charge in [0.05, 0.1) is 18.8 Å². The van der Waals surface area contributed by atoms with Gasteiger partial charge < -0.3 is 15.5 Å². The van der Waals surface area contributed by atoms with E-state index in [0.717, 1.165) is 32.2 Å². The molecule has 90 valence electrons. The average Bonchev–Trinajstić information content (AvgIpc) is 2.29. The Kier molecular flexibility index (Phi) is 8.67. The van der Waals surface area contributed by atoms with E-state index in [4.69, 9.17) is 0 Å². The lowest BCUT2D eigenvalue weighted by Gasteiger charge is -2.29. The number of nitrogens with one attached hydrogen (secondary N) is 1. The molecule has 3 nitrogen and oxygen atoms in total. The molecule has 0 aliphatic rings. The van der Waals surface area contributed by atoms with Crippen molar-refractivity contribution in [2.24, 2.45) is 0 Å². The zero-order valence-electron chi connectivity index (χ0n) is 9.84. The van der Waals surface area contributed by atoms with Crippen LogP contribution in [0, 0.1) is 0 Å². The van der Waals surface area contributed by atoms with Crippen LogP contribution in [-0.2, 0) is 0 Å². The van der Waals surface area contributed by atoms with E-state index in [9.17, 15) is 10.2 Å². The van der Waals surface area contributed by atoms with Gasteiger partial charge in [-0.15, -0.1) is 6.58 Å². The van der Waals surface area contributed by atoms with Crippen molar-refractivity contribution in [1.82, 2.24) is 5.32 Å². The Morgan fingerprint density at radius 2 is 1.87 bits per heavy atom. The third kappa shape index (κ3) is 5.92. The molecule has 0 atom stereocenters. The molecule has 3 N–H and O–H groups in total. The maximum atomic E-state index is 9.18. The van der Waals surface area contributed by atoms with E-state index in [1.54, 1.807) is 0 Å². The van der Waals surface area contributed by atoms with Gasteiger partial charge in [0, 0.05) is 0 Å². The summed E-state index contributed by atoms with van der Waals surface area (Å²) in [4.78, 5) is 0. The van der Waals surface area contributed by atoms with Crippen LogP contribution in [0.4, 0.5) is 0 Å². The number of hydrogen-bond acceptors (Lipinski definition) is 3. The van der Waals surface area contributed by atoms with Crippen LogP contribution in [0.3, 0.4) is 0 Å². The van der Waals surface area contributed by atoms with E-state index >= 15 is 0 Å². The zero-order valence-corrected chi connectivity index (χ0v) is 9.84. The van der Waals surface area contributed by atoms with Crippen molar-refractivity contribution >= 4 is 0 Å². The molecule has 3 heteroatoms. The van der Waals surface area contributed by atoms with Crippen LogP contribution in [0.2, 0.25) is 0 Å². The van der Waals surface area contributed by atoms with Crippen LogP contribution in [0.5, 0.6) is 0 Å². The molecule has 0 rings (SSSR count). The maximum Gasteiger partial charge on any atom is 0.0645 e. The van der Waals surface area contributed by atoms with Crippen LogP contribution in [-0.4, -0.2) is 35.5 Å². The molecule has 0 amide bonds. The quantitative estimate of drug-likeness (QED) is 0.382. The van der Waals surface area contributed by atoms with Crippen LogP contribution in [0.1, 0.15) is 39.0 Å². The summed E-state index contributed by atoms with van der Waals surface area (Å²) in [5.41, 5.74) is -0.488. The molecule has 0 aliphatic carbocycles. The summed E-state index contributed by atoms with van der Waals surface area (Å²) in [5, 5.41) is 21.6. The first-order chi connectivity index (χ1) is 7.24. The highest BCUT2D eigenvalue weighted by molar-refractivity contribution is 4.85. The Labute approximate surface area is 93.2 Å². The third-order valence-electron chi connectivity index (χ3n) is 2.87. The predicted molar refractivity (Wildman–Crippen MR) is 63.9 cm³/mol. The SMILES string of the molecule is C=CCCCCCNC(CC)(CO)CO. The summed E-state index contributed by atoms with van der Waals surface area (Å²) in [6.45, 7) is 6.48. The number of aliphatic hydroxyl groups excluding tert-OH is 2. The summed E-state index contributed by atoms with van der Waals surface area (Å²) >= 11 is 0. The van der Waals surface area contributed by atoms with Gasteiger partial charge >= 0.3 is 0 Å². The van der Waals surface area contributed by atoms with Crippen LogP contribution < -0.4 is 5.32 Å². The van der Waals surface area contributed by atoms with Crippen molar-refractivity contribution in [3.8, 4) is 0 Å². The molecular formula is C12H25NO2. The van der Waals surface area contributed by atoms with Crippen LogP contribution >= 0.6 is 0 Å². The average molecular weight is 215 g/mol. The Bertz CT molecular complexity index is 147. The molecule has 0 heterocycles. The highest BCUT2D eigenvalue weighted by Crippen LogP contribution is 2.08. The topological polar surface area (TPSA) is 52.5 Å². The second-order valence-electron chi connectivity index (χ2n) is 4.01. The standard InChI is InChI=1S/C12H25NO2/c1-3-5-6-7-8-9-13-12(4-2,10-14)11-15/h3,13-15H,1,4-11H2,2H3. The molecule has 0 spiro atoms. The van der Waals surface area contributed by atoms with E-state index in [2.05, 4.69) is 11.9 Å². The molecule has 0 fully saturated rings. The van der Waals surface area contributed by atoms with Crippen molar-refractivity contribution in [2.45, 2.75) is 44.6 Å². The molecule has 0 unspecified atom stereocenters. The van der Waals surface area contributed by atoms with Gasteiger partial charge in [-0.2, -0.15) is 0 Å². The van der Waals surface area contributed by atoms with Gasteiger partial charge in [-0.25, -0.2) is 0 Å². The van der Waals surface area contributed by atoms with E-state index in [0.29, 0.717) is 0 Å². The van der Waals surface area contributed by atoms with E-state index in [1.807, 2.05) is 13.0 Å². The fourth-order valence-electron chi connectivity index (χ4n) is 1.45. The largest absolute Gasteiger partial charge is 0.394 e. The first kappa shape index (κ1) is 14.6. The first-order valence-electron chi connectivity index (χ1n) is 5.82. The normalized spacial score (nSPS) is 11.7. The number of aliphatic hydroxyl groups is 2. The molecule has 0 saturated carbocycles. The molecule has 0 bridgehead atoms. The number of unbranched alkanes of at least 4 members (excludes halogenated alkanes) is 3. The van der Waals surface area contributed by atoms with Crippen molar-refractivity contribution in [2.75, 3.05) is 19.8 Å². The van der Waals surface area contributed by atoms with Gasteiger partial charge in [0.25, 0.3) is 0 Å². The summed E-state index contributed by atoms with van der Waals surface area (Å²) < 4.78 is 0. The van der Waals surface area contributed by atoms with Gasteiger partial charge in [0.2, 0.25) is 0 Å².